The van der Waals surface area contributed by atoms with Crippen molar-refractivity contribution < 1.29 is 9.53 Å². The molecule has 0 N–H and O–H groups in total. The van der Waals surface area contributed by atoms with Crippen molar-refractivity contribution in [1.29, 1.82) is 0 Å². The lowest BCUT2D eigenvalue weighted by atomic mass is 9.51. The Hall–Kier alpha value is -1.13. The van der Waals surface area contributed by atoms with Crippen molar-refractivity contribution >= 4 is 21.7 Å². The molecule has 1 saturated carbocycles. The van der Waals surface area contributed by atoms with Gasteiger partial charge < -0.3 is 4.74 Å². The number of Topliss-reactive ketones (excluding diaryl/α,β-unsaturated/α-hetero) is 1. The molecule has 4 atom stereocenters. The van der Waals surface area contributed by atoms with E-state index >= 15 is 0 Å². The molecule has 2 aliphatic heterocycles. The lowest BCUT2D eigenvalue weighted by Crippen LogP contribution is -2.66. The van der Waals surface area contributed by atoms with Crippen LogP contribution in [0.25, 0.3) is 0 Å². The zero-order chi connectivity index (χ0) is 16.6. The summed E-state index contributed by atoms with van der Waals surface area (Å²) in [5, 5.41) is 0. The van der Waals surface area contributed by atoms with E-state index in [0.29, 0.717) is 24.2 Å². The van der Waals surface area contributed by atoms with Gasteiger partial charge in [0.2, 0.25) is 0 Å². The summed E-state index contributed by atoms with van der Waals surface area (Å²) in [6.07, 6.45) is 5.49. The van der Waals surface area contributed by atoms with Gasteiger partial charge in [0.1, 0.15) is 5.75 Å². The number of ketones is 1. The number of aryl methyl sites for hydroxylation is 1. The molecule has 0 aromatic heterocycles. The summed E-state index contributed by atoms with van der Waals surface area (Å²) < 4.78 is 7.55. The van der Waals surface area contributed by atoms with Crippen molar-refractivity contribution in [2.45, 2.75) is 50.2 Å². The predicted molar refractivity (Wildman–Crippen MR) is 96.6 cm³/mol. The number of halogens is 1. The Kier molecular flexibility index (Phi) is 3.12. The van der Waals surface area contributed by atoms with Gasteiger partial charge in [0.25, 0.3) is 0 Å². The molecule has 1 aromatic rings. The fraction of sp³-hybridized carbons (Fsp3) is 0.550. The van der Waals surface area contributed by atoms with Gasteiger partial charge in [0.15, 0.2) is 11.9 Å². The smallest absolute Gasteiger partial charge is 0.174 e. The molecule has 2 heterocycles. The molecular formula is C20H22BrNO2. The van der Waals surface area contributed by atoms with Gasteiger partial charge >= 0.3 is 0 Å². The maximum atomic E-state index is 12.8. The molecule has 4 aliphatic rings. The molecule has 0 radical (unpaired) electrons. The van der Waals surface area contributed by atoms with E-state index in [9.17, 15) is 4.79 Å². The Morgan fingerprint density at radius 1 is 1.54 bits per heavy atom. The number of carbonyl (C=O) groups is 1. The highest BCUT2D eigenvalue weighted by Gasteiger charge is 2.65. The van der Waals surface area contributed by atoms with Gasteiger partial charge in [-0.2, -0.15) is 0 Å². The van der Waals surface area contributed by atoms with Crippen molar-refractivity contribution in [3.05, 3.63) is 39.9 Å². The quantitative estimate of drug-likeness (QED) is 0.726. The third-order valence-corrected chi connectivity index (χ3v) is 7.57. The lowest BCUT2D eigenvalue weighted by Gasteiger charge is -2.57. The molecule has 2 fully saturated rings. The Labute approximate surface area is 151 Å². The summed E-state index contributed by atoms with van der Waals surface area (Å²) in [6, 6.07) is 2.66. The maximum Gasteiger partial charge on any atom is 0.174 e. The second-order valence-corrected chi connectivity index (χ2v) is 8.67. The van der Waals surface area contributed by atoms with Crippen LogP contribution in [-0.4, -0.2) is 35.9 Å². The maximum absolute atomic E-state index is 12.8. The molecule has 4 heteroatoms. The molecule has 126 valence electrons. The molecule has 4 unspecified atom stereocenters. The summed E-state index contributed by atoms with van der Waals surface area (Å²) in [6.45, 7) is 8.01. The van der Waals surface area contributed by atoms with Crippen LogP contribution in [0.2, 0.25) is 0 Å². The summed E-state index contributed by atoms with van der Waals surface area (Å²) in [7, 11) is 0. The standard InChI is InChI=1S/C20H22BrNO2/c1-3-7-22-8-6-20-13-4-5-16(23)19(20)24-18-11(2)9-14(21)12(17(18)20)10-15(13)22/h3,9,13,15,19H,1,4-8,10H2,2H3. The normalized spacial score (nSPS) is 36.2. The molecule has 24 heavy (non-hydrogen) atoms. The molecule has 1 aromatic carbocycles. The summed E-state index contributed by atoms with van der Waals surface area (Å²) in [4.78, 5) is 15.3. The molecule has 5 rings (SSSR count). The zero-order valence-corrected chi connectivity index (χ0v) is 15.6. The van der Waals surface area contributed by atoms with E-state index in [4.69, 9.17) is 4.74 Å². The Balaban J connectivity index is 1.77. The second-order valence-electron chi connectivity index (χ2n) is 7.81. The molecule has 1 saturated heterocycles. The van der Waals surface area contributed by atoms with Gasteiger partial charge in [-0.1, -0.05) is 22.0 Å². The van der Waals surface area contributed by atoms with Crippen LogP contribution in [0.15, 0.2) is 23.2 Å². The van der Waals surface area contributed by atoms with E-state index in [1.54, 1.807) is 0 Å². The van der Waals surface area contributed by atoms with Crippen LogP contribution in [0.1, 0.15) is 36.0 Å². The van der Waals surface area contributed by atoms with Crippen LogP contribution in [0.3, 0.4) is 0 Å². The topological polar surface area (TPSA) is 29.5 Å². The number of hydrogen-bond donors (Lipinski definition) is 0. The summed E-state index contributed by atoms with van der Waals surface area (Å²) in [5.74, 6) is 1.84. The van der Waals surface area contributed by atoms with Crippen LogP contribution < -0.4 is 4.74 Å². The van der Waals surface area contributed by atoms with E-state index in [-0.39, 0.29) is 11.5 Å². The van der Waals surface area contributed by atoms with Crippen molar-refractivity contribution in [2.24, 2.45) is 5.92 Å². The molecule has 3 nitrogen and oxygen atoms in total. The third-order valence-electron chi connectivity index (χ3n) is 6.87. The van der Waals surface area contributed by atoms with Crippen LogP contribution in [0.5, 0.6) is 5.75 Å². The summed E-state index contributed by atoms with van der Waals surface area (Å²) >= 11 is 3.80. The van der Waals surface area contributed by atoms with Gasteiger partial charge in [-0.25, -0.2) is 0 Å². The molecule has 2 aliphatic carbocycles. The number of likely N-dealkylation sites (tertiary alicyclic amines) is 1. The highest BCUT2D eigenvalue weighted by molar-refractivity contribution is 9.10. The zero-order valence-electron chi connectivity index (χ0n) is 14.0. The fourth-order valence-electron chi connectivity index (χ4n) is 6.01. The highest BCUT2D eigenvalue weighted by Crippen LogP contribution is 2.62. The monoisotopic (exact) mass is 387 g/mol. The van der Waals surface area contributed by atoms with E-state index in [1.807, 2.05) is 6.08 Å². The van der Waals surface area contributed by atoms with Crippen molar-refractivity contribution in [3.8, 4) is 5.75 Å². The average Bonchev–Trinajstić information content (AvgIpc) is 2.90. The van der Waals surface area contributed by atoms with Crippen LogP contribution in [-0.2, 0) is 16.6 Å². The van der Waals surface area contributed by atoms with E-state index in [1.165, 1.54) is 15.6 Å². The van der Waals surface area contributed by atoms with Crippen LogP contribution in [0.4, 0.5) is 0 Å². The Bertz CT molecular complexity index is 773. The Morgan fingerprint density at radius 2 is 2.38 bits per heavy atom. The first-order valence-electron chi connectivity index (χ1n) is 8.94. The number of benzene rings is 1. The first kappa shape index (κ1) is 15.2. The van der Waals surface area contributed by atoms with Crippen LogP contribution in [0, 0.1) is 12.8 Å². The largest absolute Gasteiger partial charge is 0.481 e. The molecule has 2 bridgehead atoms. The third kappa shape index (κ3) is 1.64. The predicted octanol–water partition coefficient (Wildman–Crippen LogP) is 3.55. The molecule has 1 spiro atoms. The van der Waals surface area contributed by atoms with Gasteiger partial charge in [0.05, 0.1) is 0 Å². The van der Waals surface area contributed by atoms with Crippen molar-refractivity contribution in [1.82, 2.24) is 4.90 Å². The Morgan fingerprint density at radius 3 is 3.17 bits per heavy atom. The van der Waals surface area contributed by atoms with Gasteiger partial charge in [0, 0.05) is 34.5 Å². The van der Waals surface area contributed by atoms with E-state index < -0.39 is 0 Å². The number of hydrogen-bond acceptors (Lipinski definition) is 3. The van der Waals surface area contributed by atoms with E-state index in [0.717, 1.165) is 43.7 Å². The van der Waals surface area contributed by atoms with Gasteiger partial charge in [-0.05, 0) is 55.8 Å². The summed E-state index contributed by atoms with van der Waals surface area (Å²) in [5.41, 5.74) is 3.81. The number of nitrogens with zero attached hydrogens (tertiary/aromatic N) is 1. The van der Waals surface area contributed by atoms with Gasteiger partial charge in [-0.15, -0.1) is 6.58 Å². The highest BCUT2D eigenvalue weighted by atomic mass is 79.9. The molecular weight excluding hydrogens is 366 g/mol. The minimum Gasteiger partial charge on any atom is -0.481 e. The first-order chi connectivity index (χ1) is 11.6. The number of ether oxygens (including phenoxy) is 1. The first-order valence-corrected chi connectivity index (χ1v) is 9.74. The van der Waals surface area contributed by atoms with Gasteiger partial charge in [-0.3, -0.25) is 9.69 Å². The second kappa shape index (κ2) is 4.95. The SMILES string of the molecule is C=CCN1CCC23c4c5c(Br)cc(C)c4OC2C(=O)CCC3C1C5. The molecule has 0 amide bonds. The van der Waals surface area contributed by atoms with Crippen molar-refractivity contribution in [2.75, 3.05) is 13.1 Å². The minimum atomic E-state index is -0.258. The van der Waals surface area contributed by atoms with Crippen LogP contribution >= 0.6 is 15.9 Å². The number of carbonyl (C=O) groups excluding carboxylic acids is 1. The lowest BCUT2D eigenvalue weighted by molar-refractivity contribution is -0.138. The van der Waals surface area contributed by atoms with E-state index in [2.05, 4.69) is 40.4 Å². The number of piperidine rings is 1. The minimum absolute atomic E-state index is 0.0882. The van der Waals surface area contributed by atoms with Crippen molar-refractivity contribution in [3.63, 3.8) is 0 Å². The number of rotatable bonds is 2. The average molecular weight is 388 g/mol. The fourth-order valence-corrected chi connectivity index (χ4v) is 6.72.